The lowest BCUT2D eigenvalue weighted by atomic mass is 10.0. The third-order valence-electron chi connectivity index (χ3n) is 4.79. The number of aromatic nitrogens is 2. The maximum absolute atomic E-state index is 12.8. The van der Waals surface area contributed by atoms with Gasteiger partial charge in [0.2, 0.25) is 5.95 Å². The molecule has 0 aliphatic carbocycles. The Hall–Kier alpha value is -2.51. The van der Waals surface area contributed by atoms with Crippen LogP contribution in [-0.2, 0) is 16.0 Å². The lowest BCUT2D eigenvalue weighted by molar-refractivity contribution is -0.181. The van der Waals surface area contributed by atoms with Gasteiger partial charge in [-0.25, -0.2) is 9.97 Å². The number of anilines is 1. The van der Waals surface area contributed by atoms with Crippen LogP contribution in [0.5, 0.6) is 0 Å². The number of hydrogen-bond donors (Lipinski definition) is 1. The molecule has 0 unspecified atom stereocenters. The molecule has 2 fully saturated rings. The molecule has 2 aromatic rings. The Morgan fingerprint density at radius 2 is 1.85 bits per heavy atom. The van der Waals surface area contributed by atoms with Crippen LogP contribution in [0.25, 0.3) is 0 Å². The number of nitrogens with zero attached hydrogens (tertiary/aromatic N) is 3. The minimum absolute atomic E-state index is 0.0805. The first kappa shape index (κ1) is 16.9. The third kappa shape index (κ3) is 3.68. The van der Waals surface area contributed by atoms with E-state index in [2.05, 4.69) is 15.3 Å². The van der Waals surface area contributed by atoms with Gasteiger partial charge in [-0.15, -0.1) is 0 Å². The fourth-order valence-corrected chi connectivity index (χ4v) is 3.34. The predicted octanol–water partition coefficient (Wildman–Crippen LogP) is 2.07. The molecular weight excluding hydrogens is 332 g/mol. The molecule has 2 saturated heterocycles. The van der Waals surface area contributed by atoms with Crippen LogP contribution in [0.4, 0.5) is 5.95 Å². The fourth-order valence-electron chi connectivity index (χ4n) is 3.34. The van der Waals surface area contributed by atoms with Crippen molar-refractivity contribution in [3.63, 3.8) is 0 Å². The highest BCUT2D eigenvalue weighted by Gasteiger charge is 2.41. The van der Waals surface area contributed by atoms with Crippen molar-refractivity contribution in [3.8, 4) is 0 Å². The SMILES string of the molecule is O=C(c1ccnc(NCc2ccccc2)n1)N1CCC2(CC1)OCCO2. The Morgan fingerprint density at radius 3 is 2.58 bits per heavy atom. The molecule has 26 heavy (non-hydrogen) atoms. The van der Waals surface area contributed by atoms with Gasteiger partial charge in [-0.1, -0.05) is 30.3 Å². The van der Waals surface area contributed by atoms with E-state index in [1.807, 2.05) is 30.3 Å². The minimum Gasteiger partial charge on any atom is -0.350 e. The molecule has 0 atom stereocenters. The van der Waals surface area contributed by atoms with Crippen molar-refractivity contribution in [2.24, 2.45) is 0 Å². The molecule has 3 heterocycles. The Bertz CT molecular complexity index is 752. The van der Waals surface area contributed by atoms with Gasteiger partial charge in [-0.3, -0.25) is 4.79 Å². The van der Waals surface area contributed by atoms with Crippen molar-refractivity contribution in [3.05, 3.63) is 53.9 Å². The molecule has 136 valence electrons. The zero-order chi connectivity index (χ0) is 17.8. The van der Waals surface area contributed by atoms with Crippen LogP contribution in [0.15, 0.2) is 42.6 Å². The highest BCUT2D eigenvalue weighted by atomic mass is 16.7. The number of piperidine rings is 1. The second-order valence-corrected chi connectivity index (χ2v) is 6.50. The van der Waals surface area contributed by atoms with E-state index in [1.54, 1.807) is 17.2 Å². The first-order chi connectivity index (χ1) is 12.7. The maximum atomic E-state index is 12.8. The predicted molar refractivity (Wildman–Crippen MR) is 95.6 cm³/mol. The lowest BCUT2D eigenvalue weighted by Crippen LogP contribution is -2.47. The Balaban J connectivity index is 1.37. The average molecular weight is 354 g/mol. The largest absolute Gasteiger partial charge is 0.350 e. The van der Waals surface area contributed by atoms with Crippen molar-refractivity contribution >= 4 is 11.9 Å². The van der Waals surface area contributed by atoms with E-state index < -0.39 is 5.79 Å². The summed E-state index contributed by atoms with van der Waals surface area (Å²) in [5, 5.41) is 3.17. The summed E-state index contributed by atoms with van der Waals surface area (Å²) in [4.78, 5) is 23.1. The van der Waals surface area contributed by atoms with E-state index in [0.29, 0.717) is 57.3 Å². The van der Waals surface area contributed by atoms with Crippen molar-refractivity contribution in [2.75, 3.05) is 31.6 Å². The van der Waals surface area contributed by atoms with Crippen LogP contribution < -0.4 is 5.32 Å². The van der Waals surface area contributed by atoms with E-state index in [-0.39, 0.29) is 5.91 Å². The van der Waals surface area contributed by atoms with Gasteiger partial charge < -0.3 is 19.7 Å². The molecule has 4 rings (SSSR count). The number of carbonyl (C=O) groups excluding carboxylic acids is 1. The van der Waals surface area contributed by atoms with E-state index in [4.69, 9.17) is 9.47 Å². The zero-order valence-corrected chi connectivity index (χ0v) is 14.6. The summed E-state index contributed by atoms with van der Waals surface area (Å²) in [7, 11) is 0. The van der Waals surface area contributed by atoms with Crippen molar-refractivity contribution in [1.29, 1.82) is 0 Å². The van der Waals surface area contributed by atoms with Gasteiger partial charge in [0.05, 0.1) is 13.2 Å². The van der Waals surface area contributed by atoms with Crippen molar-refractivity contribution in [2.45, 2.75) is 25.2 Å². The zero-order valence-electron chi connectivity index (χ0n) is 14.6. The number of carbonyl (C=O) groups is 1. The molecule has 0 radical (unpaired) electrons. The normalized spacial score (nSPS) is 18.8. The van der Waals surface area contributed by atoms with Crippen molar-refractivity contribution in [1.82, 2.24) is 14.9 Å². The van der Waals surface area contributed by atoms with Crippen LogP contribution in [0.1, 0.15) is 28.9 Å². The van der Waals surface area contributed by atoms with Crippen LogP contribution in [0.3, 0.4) is 0 Å². The van der Waals surface area contributed by atoms with Gasteiger partial charge >= 0.3 is 0 Å². The average Bonchev–Trinajstić information content (AvgIpc) is 3.15. The Labute approximate surface area is 152 Å². The van der Waals surface area contributed by atoms with Crippen LogP contribution >= 0.6 is 0 Å². The number of benzene rings is 1. The second kappa shape index (κ2) is 7.39. The highest BCUT2D eigenvalue weighted by Crippen LogP contribution is 2.31. The highest BCUT2D eigenvalue weighted by molar-refractivity contribution is 5.92. The topological polar surface area (TPSA) is 76.6 Å². The second-order valence-electron chi connectivity index (χ2n) is 6.50. The van der Waals surface area contributed by atoms with Crippen molar-refractivity contribution < 1.29 is 14.3 Å². The van der Waals surface area contributed by atoms with E-state index in [1.165, 1.54) is 0 Å². The standard InChI is InChI=1S/C19H22N4O3/c24-17(23-10-7-19(8-11-23)25-12-13-26-19)16-6-9-20-18(22-16)21-14-15-4-2-1-3-5-15/h1-6,9H,7-8,10-14H2,(H,20,21,22). The number of amides is 1. The quantitative estimate of drug-likeness (QED) is 0.906. The number of ether oxygens (including phenoxy) is 2. The molecule has 7 heteroatoms. The van der Waals surface area contributed by atoms with Gasteiger partial charge in [0.1, 0.15) is 5.69 Å². The van der Waals surface area contributed by atoms with E-state index in [9.17, 15) is 4.79 Å². The van der Waals surface area contributed by atoms with Crippen LogP contribution in [0, 0.1) is 0 Å². The molecule has 1 amide bonds. The Morgan fingerprint density at radius 1 is 1.12 bits per heavy atom. The molecule has 0 saturated carbocycles. The summed E-state index contributed by atoms with van der Waals surface area (Å²) in [6.07, 6.45) is 3.01. The summed E-state index contributed by atoms with van der Waals surface area (Å²) in [5.74, 6) is -0.108. The maximum Gasteiger partial charge on any atom is 0.272 e. The molecule has 1 aromatic carbocycles. The molecular formula is C19H22N4O3. The van der Waals surface area contributed by atoms with Gasteiger partial charge in [-0.05, 0) is 11.6 Å². The monoisotopic (exact) mass is 354 g/mol. The molecule has 0 bridgehead atoms. The smallest absolute Gasteiger partial charge is 0.272 e. The summed E-state index contributed by atoms with van der Waals surface area (Å²) in [6.45, 7) is 3.09. The number of rotatable bonds is 4. The van der Waals surface area contributed by atoms with Crippen LogP contribution in [0.2, 0.25) is 0 Å². The van der Waals surface area contributed by atoms with Gasteiger partial charge in [0.15, 0.2) is 5.79 Å². The summed E-state index contributed by atoms with van der Waals surface area (Å²) < 4.78 is 11.4. The van der Waals surface area contributed by atoms with E-state index >= 15 is 0 Å². The molecule has 7 nitrogen and oxygen atoms in total. The fraction of sp³-hybridized carbons (Fsp3) is 0.421. The third-order valence-corrected chi connectivity index (χ3v) is 4.79. The number of nitrogens with one attached hydrogen (secondary N) is 1. The first-order valence-corrected chi connectivity index (χ1v) is 8.92. The van der Waals surface area contributed by atoms with Gasteiger partial charge in [0, 0.05) is 38.7 Å². The summed E-state index contributed by atoms with van der Waals surface area (Å²) >= 11 is 0. The lowest BCUT2D eigenvalue weighted by Gasteiger charge is -2.37. The van der Waals surface area contributed by atoms with E-state index in [0.717, 1.165) is 5.56 Å². The molecule has 1 aromatic heterocycles. The Kier molecular flexibility index (Phi) is 4.81. The molecule has 1 spiro atoms. The van der Waals surface area contributed by atoms with Crippen LogP contribution in [-0.4, -0.2) is 52.9 Å². The molecule has 2 aliphatic heterocycles. The molecule has 1 N–H and O–H groups in total. The minimum atomic E-state index is -0.481. The summed E-state index contributed by atoms with van der Waals surface area (Å²) in [6, 6.07) is 11.7. The molecule has 2 aliphatic rings. The number of hydrogen-bond acceptors (Lipinski definition) is 6. The van der Waals surface area contributed by atoms with Gasteiger partial charge in [-0.2, -0.15) is 0 Å². The first-order valence-electron chi connectivity index (χ1n) is 8.92. The summed E-state index contributed by atoms with van der Waals surface area (Å²) in [5.41, 5.74) is 1.53. The number of likely N-dealkylation sites (tertiary alicyclic amines) is 1. The van der Waals surface area contributed by atoms with Gasteiger partial charge in [0.25, 0.3) is 5.91 Å².